The third kappa shape index (κ3) is 5.72. The summed E-state index contributed by atoms with van der Waals surface area (Å²) in [4.78, 5) is 14.7. The van der Waals surface area contributed by atoms with Gasteiger partial charge in [-0.15, -0.1) is 0 Å². The lowest BCUT2D eigenvalue weighted by Gasteiger charge is -2.22. The molecule has 0 saturated carbocycles. The molecule has 0 spiro atoms. The van der Waals surface area contributed by atoms with Crippen LogP contribution in [0.25, 0.3) is 22.2 Å². The molecule has 5 N–H and O–H groups in total. The van der Waals surface area contributed by atoms with Crippen LogP contribution >= 0.6 is 0 Å². The number of nitrogens with two attached hydrogens (primary N) is 1. The molecule has 228 valence electrons. The van der Waals surface area contributed by atoms with Gasteiger partial charge in [0.2, 0.25) is 5.88 Å². The number of alkyl halides is 3. The normalized spacial score (nSPS) is 22.0. The number of nitrogen functional groups attached to an aromatic ring is 1. The van der Waals surface area contributed by atoms with Crippen LogP contribution in [0.3, 0.4) is 0 Å². The number of aliphatic hydroxyl groups is 1. The number of ether oxygens (including phenoxy) is 2. The van der Waals surface area contributed by atoms with Crippen LogP contribution in [-0.4, -0.2) is 83.0 Å². The number of likely N-dealkylation sites (N-methyl/N-ethyl adjacent to an activating group) is 1. The Kier molecular flexibility index (Phi) is 8.27. The van der Waals surface area contributed by atoms with Crippen molar-refractivity contribution in [2.75, 3.05) is 50.9 Å². The van der Waals surface area contributed by atoms with E-state index in [2.05, 4.69) is 25.6 Å². The predicted molar refractivity (Wildman–Crippen MR) is 145 cm³/mol. The molecule has 2 aliphatic rings. The third-order valence-corrected chi connectivity index (χ3v) is 7.60. The summed E-state index contributed by atoms with van der Waals surface area (Å²) >= 11 is 0. The molecule has 0 radical (unpaired) electrons. The highest BCUT2D eigenvalue weighted by Gasteiger charge is 2.39. The predicted octanol–water partition coefficient (Wildman–Crippen LogP) is 3.50. The molecule has 1 aromatic carbocycles. The Morgan fingerprint density at radius 2 is 1.90 bits per heavy atom. The fourth-order valence-corrected chi connectivity index (χ4v) is 5.28. The molecule has 3 aromatic rings. The van der Waals surface area contributed by atoms with Gasteiger partial charge >= 0.3 is 12.2 Å². The van der Waals surface area contributed by atoms with Crippen LogP contribution in [0.1, 0.15) is 30.9 Å². The highest BCUT2D eigenvalue weighted by Crippen LogP contribution is 2.44. The average molecular weight is 598 g/mol. The van der Waals surface area contributed by atoms with Gasteiger partial charge in [-0.25, -0.2) is 13.8 Å². The summed E-state index contributed by atoms with van der Waals surface area (Å²) in [6.07, 6.45) is -5.12. The summed E-state index contributed by atoms with van der Waals surface area (Å²) in [5.41, 5.74) is 0.967. The van der Waals surface area contributed by atoms with Crippen molar-refractivity contribution < 1.29 is 36.5 Å². The molecule has 3 unspecified atom stereocenters. The lowest BCUT2D eigenvalue weighted by molar-refractivity contribution is -0.137. The SMILES string of the molecule is Cc1c(F)c(N)cc(-c2nc3c4c(nc(OCC5C(O)CCN5C)nc4c2F)NCCNCCC(C)O3)c1C(F)(F)F. The van der Waals surface area contributed by atoms with Crippen LogP contribution in [0, 0.1) is 18.6 Å². The average Bonchev–Trinajstić information content (AvgIpc) is 3.23. The number of benzene rings is 1. The Morgan fingerprint density at radius 3 is 2.60 bits per heavy atom. The van der Waals surface area contributed by atoms with Gasteiger partial charge in [-0.2, -0.15) is 23.1 Å². The van der Waals surface area contributed by atoms with Crippen molar-refractivity contribution in [1.82, 2.24) is 25.2 Å². The molecule has 2 aromatic heterocycles. The zero-order valence-corrected chi connectivity index (χ0v) is 23.3. The molecular formula is C27H32F5N7O3. The molecule has 5 rings (SSSR count). The Morgan fingerprint density at radius 1 is 1.14 bits per heavy atom. The van der Waals surface area contributed by atoms with E-state index in [0.717, 1.165) is 6.92 Å². The maximum atomic E-state index is 16.4. The van der Waals surface area contributed by atoms with Gasteiger partial charge in [-0.1, -0.05) is 0 Å². The Hall–Kier alpha value is -3.56. The number of rotatable bonds is 4. The minimum atomic E-state index is -5.06. The number of aromatic nitrogens is 3. The van der Waals surface area contributed by atoms with Gasteiger partial charge in [0, 0.05) is 25.2 Å². The molecule has 2 aliphatic heterocycles. The van der Waals surface area contributed by atoms with Crippen LogP contribution in [0.4, 0.5) is 33.5 Å². The number of likely N-dealkylation sites (tertiary alicyclic amines) is 1. The molecule has 0 aliphatic carbocycles. The monoisotopic (exact) mass is 597 g/mol. The number of hydrogen-bond acceptors (Lipinski definition) is 10. The summed E-state index contributed by atoms with van der Waals surface area (Å²) < 4.78 is 85.5. The molecule has 10 nitrogen and oxygen atoms in total. The highest BCUT2D eigenvalue weighted by molar-refractivity contribution is 5.96. The second-order valence-electron chi connectivity index (χ2n) is 10.6. The van der Waals surface area contributed by atoms with Crippen molar-refractivity contribution in [2.45, 2.75) is 51.1 Å². The molecule has 15 heteroatoms. The number of hydrogen-bond donors (Lipinski definition) is 4. The number of aliphatic hydroxyl groups excluding tert-OH is 1. The summed E-state index contributed by atoms with van der Waals surface area (Å²) in [5, 5.41) is 16.6. The lowest BCUT2D eigenvalue weighted by Crippen LogP contribution is -2.37. The van der Waals surface area contributed by atoms with Crippen molar-refractivity contribution in [2.24, 2.45) is 0 Å². The van der Waals surface area contributed by atoms with Crippen molar-refractivity contribution in [3.05, 3.63) is 28.8 Å². The first-order valence-corrected chi connectivity index (χ1v) is 13.6. The van der Waals surface area contributed by atoms with E-state index in [1.807, 2.05) is 11.9 Å². The number of nitrogens with zero attached hydrogens (tertiary/aromatic N) is 4. The van der Waals surface area contributed by atoms with E-state index in [1.165, 1.54) is 0 Å². The highest BCUT2D eigenvalue weighted by atomic mass is 19.4. The van der Waals surface area contributed by atoms with Crippen LogP contribution in [-0.2, 0) is 6.18 Å². The Labute approximate surface area is 238 Å². The molecule has 0 bridgehead atoms. The van der Waals surface area contributed by atoms with E-state index in [0.29, 0.717) is 45.1 Å². The van der Waals surface area contributed by atoms with Gasteiger partial charge < -0.3 is 30.9 Å². The molecule has 42 heavy (non-hydrogen) atoms. The smallest absolute Gasteiger partial charge is 0.417 e. The second kappa shape index (κ2) is 11.6. The minimum Gasteiger partial charge on any atom is -0.474 e. The molecule has 3 atom stereocenters. The summed E-state index contributed by atoms with van der Waals surface area (Å²) in [5.74, 6) is -2.58. The van der Waals surface area contributed by atoms with E-state index in [4.69, 9.17) is 15.2 Å². The van der Waals surface area contributed by atoms with Crippen LogP contribution in [0.15, 0.2) is 6.07 Å². The second-order valence-corrected chi connectivity index (χ2v) is 10.6. The fourth-order valence-electron chi connectivity index (χ4n) is 5.28. The first-order valence-electron chi connectivity index (χ1n) is 13.6. The van der Waals surface area contributed by atoms with Gasteiger partial charge in [0.05, 0.1) is 29.5 Å². The molecule has 4 heterocycles. The van der Waals surface area contributed by atoms with E-state index in [1.54, 1.807) is 6.92 Å². The Balaban J connectivity index is 1.74. The molecular weight excluding hydrogens is 565 g/mol. The fraction of sp³-hybridized carbons (Fsp3) is 0.519. The van der Waals surface area contributed by atoms with E-state index in [-0.39, 0.29) is 35.7 Å². The first-order chi connectivity index (χ1) is 19.9. The summed E-state index contributed by atoms with van der Waals surface area (Å²) in [7, 11) is 1.82. The maximum Gasteiger partial charge on any atom is 0.417 e. The zero-order chi connectivity index (χ0) is 30.3. The van der Waals surface area contributed by atoms with Gasteiger partial charge in [0.1, 0.15) is 34.8 Å². The van der Waals surface area contributed by atoms with E-state index in [9.17, 15) is 22.7 Å². The van der Waals surface area contributed by atoms with Gasteiger partial charge in [-0.05, 0) is 51.9 Å². The zero-order valence-electron chi connectivity index (χ0n) is 23.3. The minimum absolute atomic E-state index is 0.00994. The number of pyridine rings is 1. The Bertz CT molecular complexity index is 1480. The topological polar surface area (TPSA) is 131 Å². The van der Waals surface area contributed by atoms with E-state index >= 15 is 4.39 Å². The van der Waals surface area contributed by atoms with E-state index < -0.39 is 63.6 Å². The summed E-state index contributed by atoms with van der Waals surface area (Å²) in [6.45, 7) is 4.75. The number of anilines is 2. The van der Waals surface area contributed by atoms with Crippen molar-refractivity contribution in [3.8, 4) is 23.1 Å². The number of nitrogens with one attached hydrogen (secondary N) is 2. The third-order valence-electron chi connectivity index (χ3n) is 7.60. The molecule has 1 saturated heterocycles. The van der Waals surface area contributed by atoms with Crippen molar-refractivity contribution >= 4 is 22.4 Å². The standard InChI is InChI=1S/C27H32F5N7O3/c1-12-4-6-34-7-8-35-24-18-23(37-26(38-24)41-11-16-17(40)5-9-39(16)3)21(29)22(36-25(18)42-12)14-10-15(33)20(28)13(2)19(14)27(30,31)32/h10,12,16-17,34,40H,4-9,11,33H2,1-3H3,(H,35,37,38). The van der Waals surface area contributed by atoms with Crippen LogP contribution < -0.4 is 25.8 Å². The van der Waals surface area contributed by atoms with Crippen LogP contribution in [0.2, 0.25) is 0 Å². The van der Waals surface area contributed by atoms with Crippen molar-refractivity contribution in [1.29, 1.82) is 0 Å². The number of halogens is 5. The first kappa shape index (κ1) is 29.9. The molecule has 1 fully saturated rings. The van der Waals surface area contributed by atoms with Gasteiger partial charge in [-0.3, -0.25) is 4.90 Å². The van der Waals surface area contributed by atoms with Crippen LogP contribution in [0.5, 0.6) is 11.9 Å². The largest absolute Gasteiger partial charge is 0.474 e. The summed E-state index contributed by atoms with van der Waals surface area (Å²) in [6, 6.07) is 0.0836. The molecule has 0 amide bonds. The van der Waals surface area contributed by atoms with Gasteiger partial charge in [0.25, 0.3) is 0 Å². The maximum absolute atomic E-state index is 16.4. The lowest BCUT2D eigenvalue weighted by atomic mass is 9.96. The van der Waals surface area contributed by atoms with Gasteiger partial charge in [0.15, 0.2) is 5.82 Å². The quantitative estimate of drug-likeness (QED) is 0.262. The van der Waals surface area contributed by atoms with Crippen molar-refractivity contribution in [3.63, 3.8) is 0 Å².